The minimum absolute atomic E-state index is 0.259. The molecular weight excluding hydrogens is 256 g/mol. The summed E-state index contributed by atoms with van der Waals surface area (Å²) >= 11 is 6.63. The fourth-order valence-corrected chi connectivity index (χ4v) is 3.35. The first-order valence-corrected chi connectivity index (χ1v) is 6.50. The van der Waals surface area contributed by atoms with Crippen LogP contribution in [0.25, 0.3) is 0 Å². The van der Waals surface area contributed by atoms with Gasteiger partial charge in [-0.15, -0.1) is 0 Å². The van der Waals surface area contributed by atoms with Gasteiger partial charge in [-0.2, -0.15) is 4.74 Å². The summed E-state index contributed by atoms with van der Waals surface area (Å²) in [7, 11) is 1.91. The SMILES string of the molecule is CN1C(=S)SC([N+]([O-])=Cc2ccco2)C1(C)C. The number of nitrogens with zero attached hydrogens (tertiary/aromatic N) is 2. The molecule has 0 radical (unpaired) electrons. The summed E-state index contributed by atoms with van der Waals surface area (Å²) in [5.74, 6) is 0.553. The quantitative estimate of drug-likeness (QED) is 0.271. The van der Waals surface area contributed by atoms with Crippen LogP contribution in [0.4, 0.5) is 0 Å². The molecule has 0 aromatic carbocycles. The molecule has 0 N–H and O–H groups in total. The number of thioether (sulfide) groups is 1. The van der Waals surface area contributed by atoms with Crippen LogP contribution < -0.4 is 0 Å². The average Bonchev–Trinajstić information content (AvgIpc) is 2.82. The van der Waals surface area contributed by atoms with Gasteiger partial charge in [-0.1, -0.05) is 12.2 Å². The lowest BCUT2D eigenvalue weighted by molar-refractivity contribution is -0.481. The van der Waals surface area contributed by atoms with Crippen LogP contribution in [0.3, 0.4) is 0 Å². The number of hydrogen-bond acceptors (Lipinski definition) is 4. The van der Waals surface area contributed by atoms with Crippen molar-refractivity contribution in [3.8, 4) is 0 Å². The molecule has 1 atom stereocenters. The maximum absolute atomic E-state index is 12.1. The van der Waals surface area contributed by atoms with Gasteiger partial charge in [0, 0.05) is 7.05 Å². The predicted octanol–water partition coefficient (Wildman–Crippen LogP) is 2.28. The molecule has 92 valence electrons. The van der Waals surface area contributed by atoms with E-state index in [-0.39, 0.29) is 10.9 Å². The van der Waals surface area contributed by atoms with Crippen LogP contribution in [0.1, 0.15) is 19.6 Å². The van der Waals surface area contributed by atoms with E-state index in [2.05, 4.69) is 0 Å². The van der Waals surface area contributed by atoms with Gasteiger partial charge < -0.3 is 14.5 Å². The third-order valence-electron chi connectivity index (χ3n) is 2.98. The lowest BCUT2D eigenvalue weighted by atomic mass is 10.0. The highest BCUT2D eigenvalue weighted by Gasteiger charge is 2.48. The monoisotopic (exact) mass is 270 g/mol. The predicted molar refractivity (Wildman–Crippen MR) is 73.3 cm³/mol. The average molecular weight is 270 g/mol. The lowest BCUT2D eigenvalue weighted by Gasteiger charge is -2.30. The standard InChI is InChI=1S/C11H14N2O2S2/c1-11(2)9(17-10(16)12(11)3)13(14)7-8-5-4-6-15-8/h4-7,9H,1-3H3. The second-order valence-electron chi connectivity index (χ2n) is 4.45. The van der Waals surface area contributed by atoms with Crippen molar-refractivity contribution in [2.75, 3.05) is 7.05 Å². The molecule has 0 amide bonds. The molecular formula is C11H14N2O2S2. The van der Waals surface area contributed by atoms with E-state index in [0.29, 0.717) is 5.76 Å². The molecule has 0 saturated carbocycles. The Bertz CT molecular complexity index is 454. The molecule has 1 aromatic rings. The lowest BCUT2D eigenvalue weighted by Crippen LogP contribution is -2.46. The van der Waals surface area contributed by atoms with E-state index in [1.54, 1.807) is 18.4 Å². The first-order chi connectivity index (χ1) is 7.93. The van der Waals surface area contributed by atoms with Gasteiger partial charge in [-0.3, -0.25) is 0 Å². The maximum Gasteiger partial charge on any atom is 0.238 e. The topological polar surface area (TPSA) is 42.5 Å². The molecule has 1 fully saturated rings. The minimum atomic E-state index is -0.299. The summed E-state index contributed by atoms with van der Waals surface area (Å²) in [6, 6.07) is 3.50. The summed E-state index contributed by atoms with van der Waals surface area (Å²) < 4.78 is 6.79. The van der Waals surface area contributed by atoms with Crippen molar-refractivity contribution < 1.29 is 9.16 Å². The highest BCUT2D eigenvalue weighted by Crippen LogP contribution is 2.38. The second-order valence-corrected chi connectivity index (χ2v) is 6.17. The molecule has 1 aliphatic heterocycles. The van der Waals surface area contributed by atoms with E-state index in [0.717, 1.165) is 9.06 Å². The van der Waals surface area contributed by atoms with Crippen LogP contribution in [0.2, 0.25) is 0 Å². The van der Waals surface area contributed by atoms with Gasteiger partial charge in [0.15, 0.2) is 5.76 Å². The first-order valence-electron chi connectivity index (χ1n) is 5.21. The number of rotatable bonds is 2. The molecule has 0 aliphatic carbocycles. The summed E-state index contributed by atoms with van der Waals surface area (Å²) in [5.41, 5.74) is -0.299. The van der Waals surface area contributed by atoms with E-state index in [1.807, 2.05) is 25.8 Å². The van der Waals surface area contributed by atoms with Crippen molar-refractivity contribution in [2.24, 2.45) is 0 Å². The van der Waals surface area contributed by atoms with Crippen molar-refractivity contribution in [1.82, 2.24) is 4.90 Å². The summed E-state index contributed by atoms with van der Waals surface area (Å²) in [4.78, 5) is 1.96. The molecule has 4 nitrogen and oxygen atoms in total. The zero-order valence-corrected chi connectivity index (χ0v) is 11.5. The molecule has 0 spiro atoms. The van der Waals surface area contributed by atoms with Crippen molar-refractivity contribution >= 4 is 34.5 Å². The number of hydrogen-bond donors (Lipinski definition) is 0. The van der Waals surface area contributed by atoms with Crippen LogP contribution in [-0.4, -0.2) is 38.1 Å². The Morgan fingerprint density at radius 2 is 2.35 bits per heavy atom. The summed E-state index contributed by atoms with van der Waals surface area (Å²) in [6.07, 6.45) is 3.00. The van der Waals surface area contributed by atoms with Crippen molar-refractivity contribution in [3.63, 3.8) is 0 Å². The highest BCUT2D eigenvalue weighted by atomic mass is 32.2. The Labute approximate surface area is 110 Å². The van der Waals surface area contributed by atoms with E-state index in [4.69, 9.17) is 16.6 Å². The second kappa shape index (κ2) is 4.34. The smallest absolute Gasteiger partial charge is 0.238 e. The van der Waals surface area contributed by atoms with Crippen molar-refractivity contribution in [1.29, 1.82) is 0 Å². The normalized spacial score (nSPS) is 24.4. The Kier molecular flexibility index (Phi) is 3.18. The molecule has 2 rings (SSSR count). The zero-order valence-electron chi connectivity index (χ0n) is 9.91. The van der Waals surface area contributed by atoms with Gasteiger partial charge in [0.05, 0.1) is 6.26 Å². The minimum Gasteiger partial charge on any atom is -0.623 e. The Balaban J connectivity index is 2.27. The molecule has 1 aromatic heterocycles. The van der Waals surface area contributed by atoms with Gasteiger partial charge in [0.2, 0.25) is 11.6 Å². The largest absolute Gasteiger partial charge is 0.623 e. The third-order valence-corrected chi connectivity index (χ3v) is 5.03. The van der Waals surface area contributed by atoms with E-state index in [9.17, 15) is 5.21 Å². The molecule has 1 unspecified atom stereocenters. The number of furan rings is 1. The van der Waals surface area contributed by atoms with Crippen LogP contribution in [0.15, 0.2) is 22.8 Å². The molecule has 1 saturated heterocycles. The highest BCUT2D eigenvalue weighted by molar-refractivity contribution is 8.23. The Morgan fingerprint density at radius 1 is 1.65 bits per heavy atom. The molecule has 0 bridgehead atoms. The van der Waals surface area contributed by atoms with Crippen molar-refractivity contribution in [3.05, 3.63) is 29.4 Å². The van der Waals surface area contributed by atoms with Crippen LogP contribution in [0, 0.1) is 5.21 Å². The number of thiocarbonyl (C=S) groups is 1. The summed E-state index contributed by atoms with van der Waals surface area (Å²) in [6.45, 7) is 4.01. The summed E-state index contributed by atoms with van der Waals surface area (Å²) in [5, 5.41) is 11.9. The molecule has 2 heterocycles. The third kappa shape index (κ3) is 2.19. The maximum atomic E-state index is 12.1. The Morgan fingerprint density at radius 3 is 2.82 bits per heavy atom. The van der Waals surface area contributed by atoms with Crippen molar-refractivity contribution in [2.45, 2.75) is 24.8 Å². The van der Waals surface area contributed by atoms with Crippen LogP contribution in [0.5, 0.6) is 0 Å². The first kappa shape index (κ1) is 12.4. The van der Waals surface area contributed by atoms with Crippen LogP contribution in [-0.2, 0) is 0 Å². The van der Waals surface area contributed by atoms with E-state index < -0.39 is 0 Å². The van der Waals surface area contributed by atoms with E-state index >= 15 is 0 Å². The fraction of sp³-hybridized carbons (Fsp3) is 0.455. The zero-order chi connectivity index (χ0) is 12.6. The molecule has 1 aliphatic rings. The van der Waals surface area contributed by atoms with Crippen LogP contribution >= 0.6 is 24.0 Å². The number of likely N-dealkylation sites (N-methyl/N-ethyl adjacent to an activating group) is 1. The fourth-order valence-electron chi connectivity index (χ4n) is 1.64. The van der Waals surface area contributed by atoms with Gasteiger partial charge in [0.25, 0.3) is 0 Å². The molecule has 17 heavy (non-hydrogen) atoms. The van der Waals surface area contributed by atoms with Gasteiger partial charge in [-0.25, -0.2) is 0 Å². The number of hydroxylamine groups is 1. The van der Waals surface area contributed by atoms with Gasteiger partial charge >= 0.3 is 0 Å². The van der Waals surface area contributed by atoms with E-state index in [1.165, 1.54) is 18.0 Å². The molecule has 6 heteroatoms. The Hall–Kier alpha value is -1.01. The van der Waals surface area contributed by atoms with Gasteiger partial charge in [-0.05, 0) is 37.7 Å². The van der Waals surface area contributed by atoms with Gasteiger partial charge in [0.1, 0.15) is 9.86 Å².